The molecule has 0 aliphatic carbocycles. The molecule has 26 heavy (non-hydrogen) atoms. The summed E-state index contributed by atoms with van der Waals surface area (Å²) in [5.74, 6) is 0. The van der Waals surface area contributed by atoms with E-state index in [1.165, 1.54) is 12.1 Å². The van der Waals surface area contributed by atoms with Gasteiger partial charge in [0.25, 0.3) is 11.4 Å². The van der Waals surface area contributed by atoms with Crippen LogP contribution in [0.25, 0.3) is 0 Å². The van der Waals surface area contributed by atoms with Crippen LogP contribution >= 0.6 is 34.2 Å². The van der Waals surface area contributed by atoms with E-state index in [1.54, 1.807) is 6.07 Å². The minimum atomic E-state index is -5.06. The molecule has 0 N–H and O–H groups in total. The van der Waals surface area contributed by atoms with Crippen molar-refractivity contribution in [2.45, 2.75) is 6.18 Å². The molecule has 0 aromatic heterocycles. The molecule has 0 amide bonds. The van der Waals surface area contributed by atoms with E-state index in [2.05, 4.69) is 0 Å². The third-order valence-corrected chi connectivity index (χ3v) is 4.37. The second kappa shape index (κ2) is 7.23. The van der Waals surface area contributed by atoms with Crippen LogP contribution in [0.5, 0.6) is 0 Å². The van der Waals surface area contributed by atoms with E-state index in [0.717, 1.165) is 11.9 Å². The van der Waals surface area contributed by atoms with Gasteiger partial charge < -0.3 is 4.90 Å². The van der Waals surface area contributed by atoms with E-state index in [0.29, 0.717) is 9.64 Å². The van der Waals surface area contributed by atoms with E-state index in [1.807, 2.05) is 22.6 Å². The van der Waals surface area contributed by atoms with Crippen molar-refractivity contribution < 1.29 is 23.0 Å². The van der Waals surface area contributed by atoms with Crippen molar-refractivity contribution in [1.29, 1.82) is 0 Å². The number of nitrogens with zero attached hydrogens (tertiary/aromatic N) is 3. The van der Waals surface area contributed by atoms with Crippen LogP contribution in [0.2, 0.25) is 5.02 Å². The Morgan fingerprint density at radius 1 is 1.12 bits per heavy atom. The average Bonchev–Trinajstić information content (AvgIpc) is 2.52. The molecule has 0 fully saturated rings. The first-order valence-electron chi connectivity index (χ1n) is 6.66. The fourth-order valence-electron chi connectivity index (χ4n) is 2.29. The Balaban J connectivity index is 2.84. The highest BCUT2D eigenvalue weighted by Gasteiger charge is 2.41. The van der Waals surface area contributed by atoms with Crippen LogP contribution in [-0.2, 0) is 6.18 Å². The van der Waals surface area contributed by atoms with Crippen molar-refractivity contribution in [1.82, 2.24) is 0 Å². The van der Waals surface area contributed by atoms with Crippen molar-refractivity contribution in [2.75, 3.05) is 11.9 Å². The predicted molar refractivity (Wildman–Crippen MR) is 97.0 cm³/mol. The molecule has 0 bridgehead atoms. The number of anilines is 2. The zero-order chi connectivity index (χ0) is 19.8. The van der Waals surface area contributed by atoms with Crippen molar-refractivity contribution in [3.8, 4) is 0 Å². The van der Waals surface area contributed by atoms with Gasteiger partial charge in [0.15, 0.2) is 0 Å². The van der Waals surface area contributed by atoms with Crippen LogP contribution in [0, 0.1) is 23.8 Å². The average molecular weight is 502 g/mol. The molecule has 12 heteroatoms. The zero-order valence-electron chi connectivity index (χ0n) is 12.8. The Morgan fingerprint density at radius 3 is 2.19 bits per heavy atom. The lowest BCUT2D eigenvalue weighted by atomic mass is 10.1. The maximum absolute atomic E-state index is 13.5. The van der Waals surface area contributed by atoms with Crippen molar-refractivity contribution in [2.24, 2.45) is 0 Å². The first kappa shape index (κ1) is 20.2. The number of hydrogen-bond donors (Lipinski definition) is 0. The summed E-state index contributed by atoms with van der Waals surface area (Å²) >= 11 is 7.99. The van der Waals surface area contributed by atoms with Gasteiger partial charge in [0.1, 0.15) is 5.69 Å². The lowest BCUT2D eigenvalue weighted by Gasteiger charge is -2.24. The maximum Gasteiger partial charge on any atom is 0.418 e. The quantitative estimate of drug-likeness (QED) is 0.311. The van der Waals surface area contributed by atoms with E-state index in [9.17, 15) is 33.4 Å². The Kier molecular flexibility index (Phi) is 5.61. The largest absolute Gasteiger partial charge is 0.418 e. The SMILES string of the molecule is CN(c1ccc(I)cc1Cl)c1c([N+](=O)[O-])cc([N+](=O)[O-])cc1C(F)(F)F. The molecule has 0 aliphatic heterocycles. The standard InChI is InChI=1S/C14H8ClF3IN3O4/c1-20(11-3-2-7(19)4-10(11)15)13-9(14(16,17)18)5-8(21(23)24)6-12(13)22(25)26/h2-6H,1H3. The predicted octanol–water partition coefficient (Wildman–Crippen LogP) is 5.55. The van der Waals surface area contributed by atoms with E-state index in [4.69, 9.17) is 11.6 Å². The summed E-state index contributed by atoms with van der Waals surface area (Å²) < 4.78 is 41.1. The van der Waals surface area contributed by atoms with Crippen LogP contribution in [-0.4, -0.2) is 16.9 Å². The molecule has 0 heterocycles. The number of nitro benzene ring substituents is 2. The zero-order valence-corrected chi connectivity index (χ0v) is 15.7. The molecule has 2 aromatic rings. The molecule has 0 saturated carbocycles. The highest BCUT2D eigenvalue weighted by atomic mass is 127. The lowest BCUT2D eigenvalue weighted by Crippen LogP contribution is -2.19. The summed E-state index contributed by atoms with van der Waals surface area (Å²) in [5.41, 5.74) is -4.35. The topological polar surface area (TPSA) is 89.5 Å². The monoisotopic (exact) mass is 501 g/mol. The van der Waals surface area contributed by atoms with E-state index >= 15 is 0 Å². The summed E-state index contributed by atoms with van der Waals surface area (Å²) in [5, 5.41) is 22.3. The van der Waals surface area contributed by atoms with E-state index in [-0.39, 0.29) is 16.8 Å². The first-order chi connectivity index (χ1) is 11.9. The molecule has 2 aromatic carbocycles. The Morgan fingerprint density at radius 2 is 1.73 bits per heavy atom. The van der Waals surface area contributed by atoms with Crippen LogP contribution in [0.4, 0.5) is 35.9 Å². The summed E-state index contributed by atoms with van der Waals surface area (Å²) in [6.07, 6.45) is -5.06. The molecule has 2 rings (SSSR count). The molecule has 0 radical (unpaired) electrons. The Labute approximate surface area is 162 Å². The fraction of sp³-hybridized carbons (Fsp3) is 0.143. The molecule has 0 spiro atoms. The minimum absolute atomic E-state index is 0.0696. The second-order valence-corrected chi connectivity index (χ2v) is 6.68. The van der Waals surface area contributed by atoms with Gasteiger partial charge in [0, 0.05) is 16.7 Å². The molecule has 0 unspecified atom stereocenters. The molecule has 7 nitrogen and oxygen atoms in total. The van der Waals surface area contributed by atoms with Crippen molar-refractivity contribution >= 4 is 56.9 Å². The molecular weight excluding hydrogens is 494 g/mol. The molecule has 0 saturated heterocycles. The fourth-order valence-corrected chi connectivity index (χ4v) is 3.27. The maximum atomic E-state index is 13.5. The number of hydrogen-bond acceptors (Lipinski definition) is 5. The van der Waals surface area contributed by atoms with Crippen molar-refractivity contribution in [3.63, 3.8) is 0 Å². The summed E-state index contributed by atoms with van der Waals surface area (Å²) in [6, 6.07) is 5.18. The van der Waals surface area contributed by atoms with Gasteiger partial charge >= 0.3 is 6.18 Å². The Hall–Kier alpha value is -2.15. The summed E-state index contributed by atoms with van der Waals surface area (Å²) in [4.78, 5) is 20.9. The smallest absolute Gasteiger partial charge is 0.337 e. The summed E-state index contributed by atoms with van der Waals surface area (Å²) in [6.45, 7) is 0. The molecule has 138 valence electrons. The van der Waals surface area contributed by atoms with Crippen molar-refractivity contribution in [3.05, 3.63) is 64.7 Å². The van der Waals surface area contributed by atoms with Crippen LogP contribution in [0.15, 0.2) is 30.3 Å². The number of nitro groups is 2. The lowest BCUT2D eigenvalue weighted by molar-refractivity contribution is -0.394. The van der Waals surface area contributed by atoms with Gasteiger partial charge in [-0.05, 0) is 40.8 Å². The third kappa shape index (κ3) is 3.98. The normalized spacial score (nSPS) is 11.3. The molecular formula is C14H8ClF3IN3O4. The number of non-ortho nitro benzene ring substituents is 1. The van der Waals surface area contributed by atoms with Gasteiger partial charge in [-0.2, -0.15) is 13.2 Å². The van der Waals surface area contributed by atoms with Gasteiger partial charge in [0.05, 0.1) is 32.2 Å². The highest BCUT2D eigenvalue weighted by molar-refractivity contribution is 14.1. The first-order valence-corrected chi connectivity index (χ1v) is 8.12. The van der Waals surface area contributed by atoms with Gasteiger partial charge in [-0.1, -0.05) is 11.6 Å². The van der Waals surface area contributed by atoms with Gasteiger partial charge in [0.2, 0.25) is 0 Å². The number of rotatable bonds is 4. The Bertz CT molecular complexity index is 908. The van der Waals surface area contributed by atoms with Gasteiger partial charge in [-0.15, -0.1) is 0 Å². The third-order valence-electron chi connectivity index (χ3n) is 3.39. The second-order valence-electron chi connectivity index (χ2n) is 5.03. The number of alkyl halides is 3. The molecule has 0 aliphatic rings. The minimum Gasteiger partial charge on any atom is -0.337 e. The van der Waals surface area contributed by atoms with E-state index < -0.39 is 38.6 Å². The summed E-state index contributed by atoms with van der Waals surface area (Å²) in [7, 11) is 1.16. The van der Waals surface area contributed by atoms with Crippen LogP contribution < -0.4 is 4.90 Å². The number of benzene rings is 2. The van der Waals surface area contributed by atoms with Crippen LogP contribution in [0.3, 0.4) is 0 Å². The number of halogens is 5. The molecule has 0 atom stereocenters. The van der Waals surface area contributed by atoms with Crippen LogP contribution in [0.1, 0.15) is 5.56 Å². The highest BCUT2D eigenvalue weighted by Crippen LogP contribution is 2.47. The van der Waals surface area contributed by atoms with Gasteiger partial charge in [-0.3, -0.25) is 20.2 Å². The van der Waals surface area contributed by atoms with Gasteiger partial charge in [-0.25, -0.2) is 0 Å².